The molecule has 1 aromatic carbocycles. The highest BCUT2D eigenvalue weighted by atomic mass is 79.9. The molecule has 0 atom stereocenters. The van der Waals surface area contributed by atoms with Gasteiger partial charge in [-0.2, -0.15) is 0 Å². The van der Waals surface area contributed by atoms with Gasteiger partial charge in [0.1, 0.15) is 11.3 Å². The minimum absolute atomic E-state index is 0.0760. The summed E-state index contributed by atoms with van der Waals surface area (Å²) in [6, 6.07) is 5.21. The van der Waals surface area contributed by atoms with Crippen molar-refractivity contribution in [2.45, 2.75) is 6.92 Å². The Morgan fingerprint density at radius 2 is 2.11 bits per heavy atom. The zero-order valence-corrected chi connectivity index (χ0v) is 11.7. The number of H-pyrrole nitrogens is 2. The van der Waals surface area contributed by atoms with Crippen LogP contribution < -0.4 is 11.2 Å². The molecule has 0 amide bonds. The van der Waals surface area contributed by atoms with Crippen LogP contribution in [0.4, 0.5) is 5.69 Å². The lowest BCUT2D eigenvalue weighted by Gasteiger charge is -1.96. The van der Waals surface area contributed by atoms with Crippen molar-refractivity contribution in [2.24, 2.45) is 0 Å². The van der Waals surface area contributed by atoms with E-state index in [1.165, 1.54) is 0 Å². The fraction of sp³-hybridized carbons (Fsp3) is 0.0769. The van der Waals surface area contributed by atoms with Gasteiger partial charge in [0, 0.05) is 22.4 Å². The third-order valence-electron chi connectivity index (χ3n) is 2.89. The van der Waals surface area contributed by atoms with E-state index < -0.39 is 0 Å². The Hall–Kier alpha value is -2.08. The van der Waals surface area contributed by atoms with Crippen LogP contribution in [-0.2, 0) is 0 Å². The number of nitrogens with one attached hydrogen (secondary N) is 2. The standard InChI is InChI=1S/C13H11BrN4O/c1-6-2-11(19)8(5-16-6)13-17-10-4-7(14)3-9(15)12(10)18-13/h2-5H,15H2,1H3,(H,16,19)(H,17,18). The number of aromatic nitrogens is 3. The number of hydrogen-bond donors (Lipinski definition) is 3. The highest BCUT2D eigenvalue weighted by Crippen LogP contribution is 2.26. The molecule has 0 fully saturated rings. The average Bonchev–Trinajstić information content (AvgIpc) is 2.72. The number of nitrogens with two attached hydrogens (primary N) is 1. The maximum Gasteiger partial charge on any atom is 0.192 e. The lowest BCUT2D eigenvalue weighted by molar-refractivity contribution is 1.17. The van der Waals surface area contributed by atoms with E-state index in [0.717, 1.165) is 15.7 Å². The Morgan fingerprint density at radius 1 is 1.32 bits per heavy atom. The predicted molar refractivity (Wildman–Crippen MR) is 79.0 cm³/mol. The van der Waals surface area contributed by atoms with Crippen LogP contribution in [0.2, 0.25) is 0 Å². The Labute approximate surface area is 117 Å². The van der Waals surface area contributed by atoms with Gasteiger partial charge in [0.15, 0.2) is 5.43 Å². The van der Waals surface area contributed by atoms with Gasteiger partial charge >= 0.3 is 0 Å². The monoisotopic (exact) mass is 318 g/mol. The number of fused-ring (bicyclic) bond motifs is 1. The van der Waals surface area contributed by atoms with E-state index in [1.54, 1.807) is 18.3 Å². The molecular weight excluding hydrogens is 308 g/mol. The highest BCUT2D eigenvalue weighted by Gasteiger charge is 2.11. The van der Waals surface area contributed by atoms with Crippen LogP contribution in [0, 0.1) is 6.92 Å². The molecule has 0 saturated heterocycles. The fourth-order valence-electron chi connectivity index (χ4n) is 1.99. The van der Waals surface area contributed by atoms with E-state index in [9.17, 15) is 4.79 Å². The number of halogens is 1. The first kappa shape index (κ1) is 12.0. The zero-order valence-electron chi connectivity index (χ0n) is 10.1. The van der Waals surface area contributed by atoms with Crippen LogP contribution in [0.25, 0.3) is 22.4 Å². The maximum absolute atomic E-state index is 11.9. The number of aryl methyl sites for hydroxylation is 1. The first-order valence-electron chi connectivity index (χ1n) is 5.69. The quantitative estimate of drug-likeness (QED) is 0.602. The van der Waals surface area contributed by atoms with Crippen molar-refractivity contribution in [3.8, 4) is 11.4 Å². The molecule has 0 spiro atoms. The minimum atomic E-state index is -0.0760. The van der Waals surface area contributed by atoms with Gasteiger partial charge in [-0.25, -0.2) is 4.98 Å². The number of hydrogen-bond acceptors (Lipinski definition) is 3. The van der Waals surface area contributed by atoms with Crippen LogP contribution in [-0.4, -0.2) is 15.0 Å². The first-order chi connectivity index (χ1) is 9.04. The summed E-state index contributed by atoms with van der Waals surface area (Å²) < 4.78 is 0.866. The third kappa shape index (κ3) is 2.04. The van der Waals surface area contributed by atoms with Crippen molar-refractivity contribution >= 4 is 32.7 Å². The lowest BCUT2D eigenvalue weighted by atomic mass is 10.2. The second-order valence-corrected chi connectivity index (χ2v) is 5.29. The molecule has 19 heavy (non-hydrogen) atoms. The molecule has 0 aliphatic rings. The molecular formula is C13H11BrN4O. The van der Waals surface area contributed by atoms with Gasteiger partial charge in [-0.05, 0) is 19.1 Å². The molecule has 0 aliphatic carbocycles. The summed E-state index contributed by atoms with van der Waals surface area (Å²) in [7, 11) is 0. The largest absolute Gasteiger partial charge is 0.397 e. The number of nitrogens with zero attached hydrogens (tertiary/aromatic N) is 1. The van der Waals surface area contributed by atoms with Gasteiger partial charge in [0.2, 0.25) is 0 Å². The summed E-state index contributed by atoms with van der Waals surface area (Å²) in [5, 5.41) is 0. The van der Waals surface area contributed by atoms with E-state index in [2.05, 4.69) is 30.9 Å². The number of pyridine rings is 1. The SMILES string of the molecule is Cc1cc(=O)c(-c2nc3c(N)cc(Br)cc3[nH]2)c[nH]1. The Morgan fingerprint density at radius 3 is 2.84 bits per heavy atom. The summed E-state index contributed by atoms with van der Waals surface area (Å²) in [6.07, 6.45) is 1.65. The first-order valence-corrected chi connectivity index (χ1v) is 6.48. The minimum Gasteiger partial charge on any atom is -0.397 e. The van der Waals surface area contributed by atoms with E-state index in [0.29, 0.717) is 22.6 Å². The molecule has 2 heterocycles. The molecule has 0 saturated carbocycles. The van der Waals surface area contributed by atoms with Gasteiger partial charge in [0.25, 0.3) is 0 Å². The van der Waals surface area contributed by atoms with E-state index in [1.807, 2.05) is 13.0 Å². The number of benzene rings is 1. The second-order valence-electron chi connectivity index (χ2n) is 4.37. The molecule has 0 radical (unpaired) electrons. The summed E-state index contributed by atoms with van der Waals surface area (Å²) in [4.78, 5) is 22.5. The second kappa shape index (κ2) is 4.24. The van der Waals surface area contributed by atoms with E-state index in [4.69, 9.17) is 5.73 Å². The lowest BCUT2D eigenvalue weighted by Crippen LogP contribution is -2.05. The number of nitrogen functional groups attached to an aromatic ring is 1. The molecule has 3 aromatic rings. The highest BCUT2D eigenvalue weighted by molar-refractivity contribution is 9.10. The van der Waals surface area contributed by atoms with E-state index in [-0.39, 0.29) is 5.43 Å². The van der Waals surface area contributed by atoms with Gasteiger partial charge in [-0.15, -0.1) is 0 Å². The molecule has 96 valence electrons. The number of imidazole rings is 1. The van der Waals surface area contributed by atoms with Crippen LogP contribution >= 0.6 is 15.9 Å². The summed E-state index contributed by atoms with van der Waals surface area (Å²) >= 11 is 3.38. The fourth-order valence-corrected chi connectivity index (χ4v) is 2.47. The van der Waals surface area contributed by atoms with Gasteiger partial charge in [-0.1, -0.05) is 15.9 Å². The van der Waals surface area contributed by atoms with Crippen molar-refractivity contribution < 1.29 is 0 Å². The van der Waals surface area contributed by atoms with Crippen molar-refractivity contribution in [3.63, 3.8) is 0 Å². The molecule has 4 N–H and O–H groups in total. The summed E-state index contributed by atoms with van der Waals surface area (Å²) in [5.74, 6) is 0.515. The topological polar surface area (TPSA) is 87.6 Å². The van der Waals surface area contributed by atoms with E-state index >= 15 is 0 Å². The molecule has 3 rings (SSSR count). The molecule has 5 nitrogen and oxygen atoms in total. The van der Waals surface area contributed by atoms with Crippen LogP contribution in [0.5, 0.6) is 0 Å². The third-order valence-corrected chi connectivity index (χ3v) is 3.35. The normalized spacial score (nSPS) is 11.1. The predicted octanol–water partition coefficient (Wildman–Crippen LogP) is 2.57. The maximum atomic E-state index is 11.9. The number of rotatable bonds is 1. The molecule has 0 unspecified atom stereocenters. The molecule has 2 aromatic heterocycles. The Bertz CT molecular complexity index is 834. The van der Waals surface area contributed by atoms with Crippen molar-refractivity contribution in [3.05, 3.63) is 44.8 Å². The Kier molecular flexibility index (Phi) is 2.67. The Balaban J connectivity index is 2.26. The number of anilines is 1. The van der Waals surface area contributed by atoms with Crippen molar-refractivity contribution in [1.29, 1.82) is 0 Å². The van der Waals surface area contributed by atoms with Gasteiger partial charge in [0.05, 0.1) is 16.8 Å². The molecule has 6 heteroatoms. The smallest absolute Gasteiger partial charge is 0.192 e. The van der Waals surface area contributed by atoms with Crippen LogP contribution in [0.3, 0.4) is 0 Å². The number of aromatic amines is 2. The van der Waals surface area contributed by atoms with Crippen molar-refractivity contribution in [2.75, 3.05) is 5.73 Å². The summed E-state index contributed by atoms with van der Waals surface area (Å²) in [6.45, 7) is 1.83. The average molecular weight is 319 g/mol. The molecule has 0 bridgehead atoms. The van der Waals surface area contributed by atoms with Crippen LogP contribution in [0.15, 0.2) is 33.7 Å². The summed E-state index contributed by atoms with van der Waals surface area (Å²) in [5.41, 5.74) is 9.17. The zero-order chi connectivity index (χ0) is 13.6. The van der Waals surface area contributed by atoms with Gasteiger partial charge in [-0.3, -0.25) is 4.79 Å². The van der Waals surface area contributed by atoms with Gasteiger partial charge < -0.3 is 15.7 Å². The van der Waals surface area contributed by atoms with Crippen molar-refractivity contribution in [1.82, 2.24) is 15.0 Å². The molecule has 0 aliphatic heterocycles. The van der Waals surface area contributed by atoms with Crippen LogP contribution in [0.1, 0.15) is 5.69 Å².